The highest BCUT2D eigenvalue weighted by molar-refractivity contribution is 5.69. The number of carbonyl (C=O) groups is 1. The molecule has 13 heavy (non-hydrogen) atoms. The molecule has 0 aliphatic carbocycles. The fourth-order valence-electron chi connectivity index (χ4n) is 1.56. The van der Waals surface area contributed by atoms with Gasteiger partial charge in [0.05, 0.1) is 13.2 Å². The van der Waals surface area contributed by atoms with Crippen molar-refractivity contribution in [1.82, 2.24) is 4.90 Å². The zero-order chi connectivity index (χ0) is 9.68. The number of hydrogen-bond donors (Lipinski definition) is 1. The molecule has 4 nitrogen and oxygen atoms in total. The van der Waals surface area contributed by atoms with Crippen molar-refractivity contribution in [1.29, 1.82) is 0 Å². The third-order valence-corrected chi connectivity index (χ3v) is 2.33. The van der Waals surface area contributed by atoms with Crippen LogP contribution in [0.3, 0.4) is 0 Å². The molecule has 0 radical (unpaired) electrons. The van der Waals surface area contributed by atoms with Crippen molar-refractivity contribution < 1.29 is 14.6 Å². The van der Waals surface area contributed by atoms with E-state index in [2.05, 4.69) is 9.64 Å². The summed E-state index contributed by atoms with van der Waals surface area (Å²) in [6.07, 6.45) is 1.99. The molecule has 76 valence electrons. The minimum atomic E-state index is -0.168. The van der Waals surface area contributed by atoms with Crippen LogP contribution in [-0.4, -0.2) is 48.8 Å². The minimum Gasteiger partial charge on any atom is -0.469 e. The van der Waals surface area contributed by atoms with Gasteiger partial charge in [0, 0.05) is 19.5 Å². The Hall–Kier alpha value is -0.610. The van der Waals surface area contributed by atoms with Crippen molar-refractivity contribution in [2.24, 2.45) is 0 Å². The summed E-state index contributed by atoms with van der Waals surface area (Å²) in [6, 6.07) is 0. The second kappa shape index (κ2) is 5.19. The van der Waals surface area contributed by atoms with Gasteiger partial charge in [0.2, 0.25) is 0 Å². The highest BCUT2D eigenvalue weighted by Crippen LogP contribution is 2.09. The maximum Gasteiger partial charge on any atom is 0.305 e. The molecule has 1 fully saturated rings. The lowest BCUT2D eigenvalue weighted by molar-refractivity contribution is -0.140. The first kappa shape index (κ1) is 10.5. The van der Waals surface area contributed by atoms with Gasteiger partial charge in [-0.3, -0.25) is 4.79 Å². The number of β-amino-alcohol motifs (C(OH)–C–C–N with tert-alkyl or cyclic N) is 1. The normalized spacial score (nSPS) is 23.4. The summed E-state index contributed by atoms with van der Waals surface area (Å²) in [5, 5.41) is 9.22. The number of ether oxygens (including phenoxy) is 1. The monoisotopic (exact) mass is 187 g/mol. The lowest BCUT2D eigenvalue weighted by Gasteiger charge is -2.13. The number of nitrogens with zero attached hydrogens (tertiary/aromatic N) is 1. The van der Waals surface area contributed by atoms with Crippen LogP contribution in [0, 0.1) is 0 Å². The topological polar surface area (TPSA) is 49.8 Å². The molecule has 1 heterocycles. The van der Waals surface area contributed by atoms with E-state index in [1.807, 2.05) is 0 Å². The van der Waals surface area contributed by atoms with Crippen LogP contribution in [-0.2, 0) is 9.53 Å². The Morgan fingerprint density at radius 2 is 2.46 bits per heavy atom. The van der Waals surface area contributed by atoms with Crippen LogP contribution >= 0.6 is 0 Å². The predicted octanol–water partition coefficient (Wildman–Crippen LogP) is 0.00620. The van der Waals surface area contributed by atoms with E-state index in [1.165, 1.54) is 7.11 Å². The molecule has 1 N–H and O–H groups in total. The van der Waals surface area contributed by atoms with Crippen LogP contribution in [0.2, 0.25) is 0 Å². The van der Waals surface area contributed by atoms with Gasteiger partial charge in [0.1, 0.15) is 0 Å². The number of aliphatic hydroxyl groups excluding tert-OH is 1. The van der Waals surface area contributed by atoms with E-state index in [0.29, 0.717) is 6.42 Å². The van der Waals surface area contributed by atoms with E-state index < -0.39 is 0 Å². The molecule has 0 amide bonds. The van der Waals surface area contributed by atoms with Crippen molar-refractivity contribution in [3.05, 3.63) is 0 Å². The number of methoxy groups -OCH3 is 1. The highest BCUT2D eigenvalue weighted by Gasteiger charge is 2.19. The van der Waals surface area contributed by atoms with Gasteiger partial charge in [-0.05, 0) is 19.4 Å². The number of rotatable bonds is 4. The summed E-state index contributed by atoms with van der Waals surface area (Å²) in [7, 11) is 1.40. The third-order valence-electron chi connectivity index (χ3n) is 2.33. The SMILES string of the molecule is COC(=O)CCCN1CC[C@@H](O)C1. The van der Waals surface area contributed by atoms with Crippen LogP contribution < -0.4 is 0 Å². The molecule has 1 atom stereocenters. The van der Waals surface area contributed by atoms with Crippen LogP contribution in [0.25, 0.3) is 0 Å². The Balaban J connectivity index is 2.03. The highest BCUT2D eigenvalue weighted by atomic mass is 16.5. The van der Waals surface area contributed by atoms with E-state index in [0.717, 1.165) is 32.5 Å². The summed E-state index contributed by atoms with van der Waals surface area (Å²) in [5.41, 5.74) is 0. The predicted molar refractivity (Wildman–Crippen MR) is 48.3 cm³/mol. The largest absolute Gasteiger partial charge is 0.469 e. The second-order valence-corrected chi connectivity index (χ2v) is 3.42. The average Bonchev–Trinajstić information content (AvgIpc) is 2.51. The maximum atomic E-state index is 10.8. The molecule has 4 heteroatoms. The Kier molecular flexibility index (Phi) is 4.18. The van der Waals surface area contributed by atoms with Crippen LogP contribution in [0.4, 0.5) is 0 Å². The summed E-state index contributed by atoms with van der Waals surface area (Å²) < 4.78 is 4.53. The van der Waals surface area contributed by atoms with Gasteiger partial charge in [-0.1, -0.05) is 0 Å². The quantitative estimate of drug-likeness (QED) is 0.630. The van der Waals surface area contributed by atoms with Gasteiger partial charge in [-0.15, -0.1) is 0 Å². The molecule has 0 unspecified atom stereocenters. The minimum absolute atomic E-state index is 0.153. The second-order valence-electron chi connectivity index (χ2n) is 3.42. The summed E-state index contributed by atoms with van der Waals surface area (Å²) in [5.74, 6) is -0.153. The fraction of sp³-hybridized carbons (Fsp3) is 0.889. The van der Waals surface area contributed by atoms with E-state index in [-0.39, 0.29) is 12.1 Å². The number of aliphatic hydroxyl groups is 1. The molecule has 1 rings (SSSR count). The standard InChI is InChI=1S/C9H17NO3/c1-13-9(12)3-2-5-10-6-4-8(11)7-10/h8,11H,2-7H2,1H3/t8-/m1/s1. The molecule has 1 aliphatic rings. The Bertz CT molecular complexity index is 172. The Morgan fingerprint density at radius 1 is 1.69 bits per heavy atom. The van der Waals surface area contributed by atoms with Crippen molar-refractivity contribution in [3.8, 4) is 0 Å². The first-order chi connectivity index (χ1) is 6.22. The molecule has 0 bridgehead atoms. The fourth-order valence-corrected chi connectivity index (χ4v) is 1.56. The number of likely N-dealkylation sites (tertiary alicyclic amines) is 1. The first-order valence-electron chi connectivity index (χ1n) is 4.69. The molecule has 0 aromatic carbocycles. The summed E-state index contributed by atoms with van der Waals surface area (Å²) in [6.45, 7) is 2.58. The lowest BCUT2D eigenvalue weighted by atomic mass is 10.3. The average molecular weight is 187 g/mol. The molecule has 0 saturated carbocycles. The molecular formula is C9H17NO3. The number of esters is 1. The van der Waals surface area contributed by atoms with E-state index in [4.69, 9.17) is 0 Å². The van der Waals surface area contributed by atoms with Crippen molar-refractivity contribution in [3.63, 3.8) is 0 Å². The molecule has 0 aromatic rings. The van der Waals surface area contributed by atoms with Gasteiger partial charge < -0.3 is 14.7 Å². The van der Waals surface area contributed by atoms with Crippen molar-refractivity contribution >= 4 is 5.97 Å². The molecular weight excluding hydrogens is 170 g/mol. The third kappa shape index (κ3) is 3.74. The summed E-state index contributed by atoms with van der Waals surface area (Å²) in [4.78, 5) is 12.9. The smallest absolute Gasteiger partial charge is 0.305 e. The van der Waals surface area contributed by atoms with E-state index in [1.54, 1.807) is 0 Å². The Labute approximate surface area is 78.5 Å². The van der Waals surface area contributed by atoms with Crippen LogP contribution in [0.15, 0.2) is 0 Å². The molecule has 0 spiro atoms. The Morgan fingerprint density at radius 3 is 3.00 bits per heavy atom. The number of carbonyl (C=O) groups excluding carboxylic acids is 1. The molecule has 1 saturated heterocycles. The van der Waals surface area contributed by atoms with Crippen molar-refractivity contribution in [2.45, 2.75) is 25.4 Å². The van der Waals surface area contributed by atoms with Gasteiger partial charge >= 0.3 is 5.97 Å². The zero-order valence-electron chi connectivity index (χ0n) is 8.03. The van der Waals surface area contributed by atoms with Gasteiger partial charge in [0.15, 0.2) is 0 Å². The van der Waals surface area contributed by atoms with Gasteiger partial charge in [-0.25, -0.2) is 0 Å². The molecule has 0 aromatic heterocycles. The van der Waals surface area contributed by atoms with Crippen LogP contribution in [0.5, 0.6) is 0 Å². The lowest BCUT2D eigenvalue weighted by Crippen LogP contribution is -2.23. The summed E-state index contributed by atoms with van der Waals surface area (Å²) >= 11 is 0. The van der Waals surface area contributed by atoms with Crippen molar-refractivity contribution in [2.75, 3.05) is 26.7 Å². The maximum absolute atomic E-state index is 10.8. The molecule has 1 aliphatic heterocycles. The van der Waals surface area contributed by atoms with E-state index >= 15 is 0 Å². The zero-order valence-corrected chi connectivity index (χ0v) is 8.03. The van der Waals surface area contributed by atoms with Crippen LogP contribution in [0.1, 0.15) is 19.3 Å². The van der Waals surface area contributed by atoms with Gasteiger partial charge in [0.25, 0.3) is 0 Å². The number of hydrogen-bond acceptors (Lipinski definition) is 4. The van der Waals surface area contributed by atoms with E-state index in [9.17, 15) is 9.90 Å². The first-order valence-corrected chi connectivity index (χ1v) is 4.69. The van der Waals surface area contributed by atoms with Gasteiger partial charge in [-0.2, -0.15) is 0 Å².